The Morgan fingerprint density at radius 1 is 1.69 bits per heavy atom. The van der Waals surface area contributed by atoms with E-state index in [0.29, 0.717) is 4.43 Å². The van der Waals surface area contributed by atoms with Crippen LogP contribution in [0.4, 0.5) is 0 Å². The van der Waals surface area contributed by atoms with Gasteiger partial charge < -0.3 is 10.8 Å². The Balaban J connectivity index is 0.000000252. The van der Waals surface area contributed by atoms with E-state index in [9.17, 15) is 14.4 Å². The van der Waals surface area contributed by atoms with Gasteiger partial charge in [0.15, 0.2) is 0 Å². The number of alkyl halides is 1. The Bertz CT molecular complexity index is 231. The molecule has 1 fully saturated rings. The van der Waals surface area contributed by atoms with E-state index in [0.717, 1.165) is 0 Å². The molecule has 1 heterocycles. The number of aliphatic hydroxyl groups is 1. The number of aliphatic hydroxyl groups excluding tert-OH is 1. The third-order valence-corrected chi connectivity index (χ3v) is 1.83. The fourth-order valence-corrected chi connectivity index (χ4v) is 0.540. The highest BCUT2D eigenvalue weighted by Crippen LogP contribution is 1.98. The van der Waals surface area contributed by atoms with E-state index in [1.807, 2.05) is 27.9 Å². The number of nitrogens with one attached hydrogen (secondary N) is 1. The second-order valence-corrected chi connectivity index (χ2v) is 3.00. The van der Waals surface area contributed by atoms with Crippen LogP contribution in [0.3, 0.4) is 0 Å². The Hall–Kier alpha value is -0.700. The van der Waals surface area contributed by atoms with Crippen molar-refractivity contribution >= 4 is 40.3 Å². The van der Waals surface area contributed by atoms with Gasteiger partial charge in [-0.25, -0.2) is 0 Å². The van der Waals surface area contributed by atoms with Crippen LogP contribution in [0.15, 0.2) is 0 Å². The number of rotatable bonds is 1. The van der Waals surface area contributed by atoms with Crippen LogP contribution < -0.4 is 11.1 Å². The van der Waals surface area contributed by atoms with Gasteiger partial charge in [-0.1, -0.05) is 22.6 Å². The Kier molecular flexibility index (Phi) is 5.55. The molecule has 4 N–H and O–H groups in total. The molecule has 0 saturated carbocycles. The molecular formula is C6H9IN2O4. The van der Waals surface area contributed by atoms with Gasteiger partial charge in [0.1, 0.15) is 6.10 Å². The highest BCUT2D eigenvalue weighted by Gasteiger charge is 2.27. The lowest BCUT2D eigenvalue weighted by Crippen LogP contribution is -2.24. The molecule has 0 aromatic rings. The molecule has 74 valence electrons. The van der Waals surface area contributed by atoms with E-state index >= 15 is 0 Å². The van der Waals surface area contributed by atoms with Gasteiger partial charge in [0.05, 0.1) is 10.8 Å². The summed E-state index contributed by atoms with van der Waals surface area (Å²) in [6.45, 7) is 0. The average Bonchev–Trinajstić information content (AvgIpc) is 2.31. The number of nitrogens with two attached hydrogens (primary N) is 1. The van der Waals surface area contributed by atoms with Crippen molar-refractivity contribution in [3.63, 3.8) is 0 Å². The summed E-state index contributed by atoms with van der Waals surface area (Å²) in [4.78, 5) is 30.0. The van der Waals surface area contributed by atoms with Gasteiger partial charge in [0, 0.05) is 0 Å². The Morgan fingerprint density at radius 3 is 2.23 bits per heavy atom. The van der Waals surface area contributed by atoms with Gasteiger partial charge in [0.25, 0.3) is 5.91 Å². The maximum absolute atomic E-state index is 10.2. The van der Waals surface area contributed by atoms with Crippen molar-refractivity contribution in [1.82, 2.24) is 5.32 Å². The molecule has 1 saturated heterocycles. The molecule has 1 aliphatic heterocycles. The van der Waals surface area contributed by atoms with Crippen molar-refractivity contribution in [3.05, 3.63) is 0 Å². The summed E-state index contributed by atoms with van der Waals surface area (Å²) >= 11 is 1.90. The fourth-order valence-electron chi connectivity index (χ4n) is 0.540. The molecule has 1 unspecified atom stereocenters. The third kappa shape index (κ3) is 5.53. The summed E-state index contributed by atoms with van der Waals surface area (Å²) in [7, 11) is 0. The summed E-state index contributed by atoms with van der Waals surface area (Å²) < 4.78 is 0.414. The minimum atomic E-state index is -1.11. The molecular weight excluding hydrogens is 291 g/mol. The molecule has 1 atom stereocenters. The molecule has 1 rings (SSSR count). The third-order valence-electron chi connectivity index (χ3n) is 1.08. The monoisotopic (exact) mass is 300 g/mol. The summed E-state index contributed by atoms with van der Waals surface area (Å²) in [6.07, 6.45) is -1.19. The minimum absolute atomic E-state index is 0.0845. The lowest BCUT2D eigenvalue weighted by atomic mass is 10.3. The van der Waals surface area contributed by atoms with Crippen LogP contribution in [0.2, 0.25) is 0 Å². The number of hydrogen-bond donors (Lipinski definition) is 3. The quantitative estimate of drug-likeness (QED) is 0.304. The minimum Gasteiger partial charge on any atom is -0.383 e. The topological polar surface area (TPSA) is 109 Å². The van der Waals surface area contributed by atoms with Crippen LogP contribution in [0.25, 0.3) is 0 Å². The lowest BCUT2D eigenvalue weighted by molar-refractivity contribution is -0.127. The van der Waals surface area contributed by atoms with Gasteiger partial charge in [-0.3, -0.25) is 19.7 Å². The maximum Gasteiger partial charge on any atom is 0.255 e. The molecule has 0 aromatic heterocycles. The second-order valence-electron chi connectivity index (χ2n) is 2.23. The number of imide groups is 1. The molecule has 3 amide bonds. The van der Waals surface area contributed by atoms with Gasteiger partial charge in [-0.15, -0.1) is 0 Å². The number of amides is 3. The molecule has 7 heteroatoms. The molecule has 0 radical (unpaired) electrons. The average molecular weight is 300 g/mol. The second kappa shape index (κ2) is 5.86. The van der Waals surface area contributed by atoms with Crippen molar-refractivity contribution in [1.29, 1.82) is 0 Å². The number of hydrogen-bond acceptors (Lipinski definition) is 4. The van der Waals surface area contributed by atoms with Gasteiger partial charge in [-0.2, -0.15) is 0 Å². The largest absolute Gasteiger partial charge is 0.383 e. The Labute approximate surface area is 88.0 Å². The molecule has 6 nitrogen and oxygen atoms in total. The number of carbonyl (C=O) groups excluding carboxylic acids is 3. The van der Waals surface area contributed by atoms with Crippen LogP contribution in [-0.2, 0) is 14.4 Å². The first kappa shape index (κ1) is 12.3. The predicted molar refractivity (Wildman–Crippen MR) is 51.9 cm³/mol. The van der Waals surface area contributed by atoms with Gasteiger partial charge >= 0.3 is 0 Å². The highest BCUT2D eigenvalue weighted by atomic mass is 127. The van der Waals surface area contributed by atoms with E-state index < -0.39 is 17.9 Å². The first-order chi connectivity index (χ1) is 5.97. The van der Waals surface area contributed by atoms with E-state index in [2.05, 4.69) is 5.73 Å². The zero-order valence-electron chi connectivity index (χ0n) is 6.62. The van der Waals surface area contributed by atoms with Crippen molar-refractivity contribution in [2.75, 3.05) is 4.43 Å². The zero-order valence-corrected chi connectivity index (χ0v) is 8.78. The van der Waals surface area contributed by atoms with Crippen molar-refractivity contribution in [3.8, 4) is 0 Å². The maximum atomic E-state index is 10.2. The Morgan fingerprint density at radius 2 is 2.15 bits per heavy atom. The fraction of sp³-hybridized carbons (Fsp3) is 0.500. The SMILES string of the molecule is NC(=O)CI.O=C1CC(O)C(=O)N1. The molecule has 0 bridgehead atoms. The number of halogens is 1. The normalized spacial score (nSPS) is 20.3. The van der Waals surface area contributed by atoms with E-state index in [4.69, 9.17) is 5.11 Å². The summed E-state index contributed by atoms with van der Waals surface area (Å²) in [5, 5.41) is 10.5. The standard InChI is InChI=1S/C4H5NO3.C2H4INO/c6-2-1-3(7)5-4(2)8;3-1-2(4)5/h2,6H,1H2,(H,5,7,8);1H2,(H2,4,5). The predicted octanol–water partition coefficient (Wildman–Crippen LogP) is -1.70. The van der Waals surface area contributed by atoms with Crippen molar-refractivity contribution < 1.29 is 19.5 Å². The van der Waals surface area contributed by atoms with Crippen molar-refractivity contribution in [2.24, 2.45) is 5.73 Å². The van der Waals surface area contributed by atoms with E-state index in [-0.39, 0.29) is 12.3 Å². The zero-order chi connectivity index (χ0) is 10.4. The van der Waals surface area contributed by atoms with Crippen LogP contribution in [0.5, 0.6) is 0 Å². The molecule has 0 aromatic carbocycles. The van der Waals surface area contributed by atoms with Crippen molar-refractivity contribution in [2.45, 2.75) is 12.5 Å². The number of carbonyl (C=O) groups is 3. The van der Waals surface area contributed by atoms with Gasteiger partial charge in [-0.05, 0) is 0 Å². The lowest BCUT2D eigenvalue weighted by Gasteiger charge is -1.88. The molecule has 13 heavy (non-hydrogen) atoms. The molecule has 1 aliphatic rings. The summed E-state index contributed by atoms with van der Waals surface area (Å²) in [5.74, 6) is -1.25. The highest BCUT2D eigenvalue weighted by molar-refractivity contribution is 14.1. The molecule has 0 spiro atoms. The first-order valence-electron chi connectivity index (χ1n) is 3.33. The van der Waals surface area contributed by atoms with Crippen LogP contribution >= 0.6 is 22.6 Å². The van der Waals surface area contributed by atoms with Crippen LogP contribution in [0.1, 0.15) is 6.42 Å². The summed E-state index contributed by atoms with van der Waals surface area (Å²) in [5.41, 5.74) is 4.65. The number of primary amides is 1. The van der Waals surface area contributed by atoms with Crippen LogP contribution in [0, 0.1) is 0 Å². The first-order valence-corrected chi connectivity index (χ1v) is 4.86. The van der Waals surface area contributed by atoms with Gasteiger partial charge in [0.2, 0.25) is 11.8 Å². The van der Waals surface area contributed by atoms with E-state index in [1.54, 1.807) is 0 Å². The summed E-state index contributed by atoms with van der Waals surface area (Å²) in [6, 6.07) is 0. The van der Waals surface area contributed by atoms with Crippen LogP contribution in [-0.4, -0.2) is 33.4 Å². The smallest absolute Gasteiger partial charge is 0.255 e. The van der Waals surface area contributed by atoms with E-state index in [1.165, 1.54) is 0 Å². The molecule has 0 aliphatic carbocycles.